The normalized spacial score (nSPS) is 12.6. The van der Waals surface area contributed by atoms with Gasteiger partial charge in [0.05, 0.1) is 5.38 Å². The standard InChI is InChI=1S/C10H17ClO/c1-4-5-6-10(12)9(11)7-8(2)3/h9H,2,4-7H2,1,3H3. The highest BCUT2D eigenvalue weighted by Gasteiger charge is 2.13. The van der Waals surface area contributed by atoms with Gasteiger partial charge < -0.3 is 0 Å². The van der Waals surface area contributed by atoms with Crippen LogP contribution in [-0.2, 0) is 4.79 Å². The molecule has 0 bridgehead atoms. The minimum Gasteiger partial charge on any atom is -0.298 e. The van der Waals surface area contributed by atoms with E-state index < -0.39 is 0 Å². The number of hydrogen-bond acceptors (Lipinski definition) is 1. The third kappa shape index (κ3) is 5.36. The third-order valence-electron chi connectivity index (χ3n) is 1.65. The van der Waals surface area contributed by atoms with E-state index in [1.807, 2.05) is 6.92 Å². The van der Waals surface area contributed by atoms with Crippen LogP contribution >= 0.6 is 11.6 Å². The first-order valence-corrected chi connectivity index (χ1v) is 4.82. The first kappa shape index (κ1) is 11.7. The summed E-state index contributed by atoms with van der Waals surface area (Å²) in [5.41, 5.74) is 0.972. The maximum absolute atomic E-state index is 11.3. The van der Waals surface area contributed by atoms with Gasteiger partial charge in [-0.2, -0.15) is 0 Å². The highest BCUT2D eigenvalue weighted by molar-refractivity contribution is 6.31. The van der Waals surface area contributed by atoms with Gasteiger partial charge in [-0.1, -0.05) is 18.9 Å². The van der Waals surface area contributed by atoms with Crippen molar-refractivity contribution >= 4 is 17.4 Å². The number of unbranched alkanes of at least 4 members (excludes halogenated alkanes) is 1. The Morgan fingerprint density at radius 1 is 1.58 bits per heavy atom. The summed E-state index contributed by atoms with van der Waals surface area (Å²) in [6.07, 6.45) is 3.21. The number of hydrogen-bond donors (Lipinski definition) is 0. The molecule has 0 amide bonds. The Hall–Kier alpha value is -0.300. The number of alkyl halides is 1. The summed E-state index contributed by atoms with van der Waals surface area (Å²) < 4.78 is 0. The van der Waals surface area contributed by atoms with Crippen molar-refractivity contribution < 1.29 is 4.79 Å². The van der Waals surface area contributed by atoms with Gasteiger partial charge >= 0.3 is 0 Å². The fraction of sp³-hybridized carbons (Fsp3) is 0.700. The van der Waals surface area contributed by atoms with E-state index >= 15 is 0 Å². The summed E-state index contributed by atoms with van der Waals surface area (Å²) in [6, 6.07) is 0. The number of carbonyl (C=O) groups excluding carboxylic acids is 1. The highest BCUT2D eigenvalue weighted by Crippen LogP contribution is 2.12. The van der Waals surface area contributed by atoms with Crippen LogP contribution in [0.2, 0.25) is 0 Å². The van der Waals surface area contributed by atoms with Gasteiger partial charge in [-0.25, -0.2) is 0 Å². The summed E-state index contributed by atoms with van der Waals surface area (Å²) in [4.78, 5) is 11.3. The SMILES string of the molecule is C=C(C)CC(Cl)C(=O)CCCC. The Balaban J connectivity index is 3.69. The van der Waals surface area contributed by atoms with Gasteiger partial charge in [0.1, 0.15) is 0 Å². The fourth-order valence-corrected chi connectivity index (χ4v) is 1.30. The summed E-state index contributed by atoms with van der Waals surface area (Å²) in [6.45, 7) is 7.68. The van der Waals surface area contributed by atoms with Crippen molar-refractivity contribution in [1.82, 2.24) is 0 Å². The molecular weight excluding hydrogens is 172 g/mol. The first-order valence-electron chi connectivity index (χ1n) is 4.39. The van der Waals surface area contributed by atoms with Crippen LogP contribution < -0.4 is 0 Å². The van der Waals surface area contributed by atoms with E-state index in [0.29, 0.717) is 12.8 Å². The average Bonchev–Trinajstić information content (AvgIpc) is 1.98. The van der Waals surface area contributed by atoms with E-state index in [4.69, 9.17) is 11.6 Å². The van der Waals surface area contributed by atoms with Crippen LogP contribution in [0.25, 0.3) is 0 Å². The molecule has 0 rings (SSSR count). The monoisotopic (exact) mass is 188 g/mol. The predicted molar refractivity (Wildman–Crippen MR) is 53.6 cm³/mol. The molecule has 1 unspecified atom stereocenters. The van der Waals surface area contributed by atoms with E-state index in [-0.39, 0.29) is 11.2 Å². The summed E-state index contributed by atoms with van der Waals surface area (Å²) in [5.74, 6) is 0.154. The lowest BCUT2D eigenvalue weighted by Crippen LogP contribution is -2.14. The quantitative estimate of drug-likeness (QED) is 0.462. The summed E-state index contributed by atoms with van der Waals surface area (Å²) in [7, 11) is 0. The number of carbonyl (C=O) groups is 1. The predicted octanol–water partition coefficient (Wildman–Crippen LogP) is 3.32. The Morgan fingerprint density at radius 2 is 2.17 bits per heavy atom. The molecule has 0 spiro atoms. The van der Waals surface area contributed by atoms with Crippen molar-refractivity contribution in [2.24, 2.45) is 0 Å². The minimum atomic E-state index is -0.353. The molecular formula is C10H17ClO. The Labute approximate surface area is 79.8 Å². The highest BCUT2D eigenvalue weighted by atomic mass is 35.5. The van der Waals surface area contributed by atoms with E-state index in [9.17, 15) is 4.79 Å². The molecule has 0 aromatic rings. The molecule has 0 saturated heterocycles. The molecule has 0 fully saturated rings. The zero-order valence-corrected chi connectivity index (χ0v) is 8.66. The maximum Gasteiger partial charge on any atom is 0.151 e. The van der Waals surface area contributed by atoms with Gasteiger partial charge in [0, 0.05) is 6.42 Å². The van der Waals surface area contributed by atoms with Crippen molar-refractivity contribution in [3.8, 4) is 0 Å². The van der Waals surface area contributed by atoms with Gasteiger partial charge in [-0.3, -0.25) is 4.79 Å². The zero-order valence-electron chi connectivity index (χ0n) is 7.90. The van der Waals surface area contributed by atoms with Gasteiger partial charge in [-0.15, -0.1) is 18.2 Å². The van der Waals surface area contributed by atoms with Crippen LogP contribution in [0.3, 0.4) is 0 Å². The lowest BCUT2D eigenvalue weighted by atomic mass is 10.1. The van der Waals surface area contributed by atoms with Crippen LogP contribution in [0.4, 0.5) is 0 Å². The fourth-order valence-electron chi connectivity index (χ4n) is 0.927. The van der Waals surface area contributed by atoms with Crippen molar-refractivity contribution in [3.63, 3.8) is 0 Å². The Morgan fingerprint density at radius 3 is 2.58 bits per heavy atom. The molecule has 70 valence electrons. The van der Waals surface area contributed by atoms with Crippen LogP contribution in [0.5, 0.6) is 0 Å². The number of halogens is 1. The number of Topliss-reactive ketones (excluding diaryl/α,β-unsaturated/α-hetero) is 1. The topological polar surface area (TPSA) is 17.1 Å². The molecule has 1 nitrogen and oxygen atoms in total. The molecule has 0 aliphatic carbocycles. The van der Waals surface area contributed by atoms with Gasteiger partial charge in [0.2, 0.25) is 0 Å². The van der Waals surface area contributed by atoms with Gasteiger partial charge in [-0.05, 0) is 19.8 Å². The van der Waals surface area contributed by atoms with Crippen molar-refractivity contribution in [2.45, 2.75) is 44.9 Å². The Kier molecular flexibility index (Phi) is 6.09. The van der Waals surface area contributed by atoms with E-state index in [2.05, 4.69) is 13.5 Å². The Bertz CT molecular complexity index is 163. The average molecular weight is 189 g/mol. The summed E-state index contributed by atoms with van der Waals surface area (Å²) >= 11 is 5.85. The number of ketones is 1. The van der Waals surface area contributed by atoms with E-state index in [1.165, 1.54) is 0 Å². The van der Waals surface area contributed by atoms with Crippen LogP contribution in [0.1, 0.15) is 39.5 Å². The second-order valence-corrected chi connectivity index (χ2v) is 3.73. The molecule has 0 N–H and O–H groups in total. The number of rotatable bonds is 6. The zero-order chi connectivity index (χ0) is 9.56. The molecule has 0 aromatic heterocycles. The van der Waals surface area contributed by atoms with Crippen molar-refractivity contribution in [3.05, 3.63) is 12.2 Å². The second kappa shape index (κ2) is 6.24. The largest absolute Gasteiger partial charge is 0.298 e. The molecule has 0 heterocycles. The van der Waals surface area contributed by atoms with Crippen LogP contribution in [0, 0.1) is 0 Å². The number of allylic oxidation sites excluding steroid dienone is 1. The molecule has 0 aromatic carbocycles. The molecule has 0 aliphatic rings. The molecule has 1 atom stereocenters. The molecule has 0 radical (unpaired) electrons. The second-order valence-electron chi connectivity index (χ2n) is 3.20. The van der Waals surface area contributed by atoms with Crippen molar-refractivity contribution in [2.75, 3.05) is 0 Å². The minimum absolute atomic E-state index is 0.154. The molecule has 0 saturated carbocycles. The lowest BCUT2D eigenvalue weighted by molar-refractivity contribution is -0.118. The molecule has 0 aliphatic heterocycles. The lowest BCUT2D eigenvalue weighted by Gasteiger charge is -2.06. The van der Waals surface area contributed by atoms with Gasteiger partial charge in [0.25, 0.3) is 0 Å². The first-order chi connectivity index (χ1) is 5.57. The van der Waals surface area contributed by atoms with Crippen LogP contribution in [0.15, 0.2) is 12.2 Å². The molecule has 12 heavy (non-hydrogen) atoms. The van der Waals surface area contributed by atoms with E-state index in [1.54, 1.807) is 0 Å². The smallest absolute Gasteiger partial charge is 0.151 e. The third-order valence-corrected chi connectivity index (χ3v) is 2.05. The summed E-state index contributed by atoms with van der Waals surface area (Å²) in [5, 5.41) is -0.353. The maximum atomic E-state index is 11.3. The molecule has 2 heteroatoms. The van der Waals surface area contributed by atoms with Crippen LogP contribution in [-0.4, -0.2) is 11.2 Å². The van der Waals surface area contributed by atoms with Gasteiger partial charge in [0.15, 0.2) is 5.78 Å². The van der Waals surface area contributed by atoms with Crippen molar-refractivity contribution in [1.29, 1.82) is 0 Å². The van der Waals surface area contributed by atoms with E-state index in [0.717, 1.165) is 18.4 Å².